The van der Waals surface area contributed by atoms with Crippen LogP contribution in [0.2, 0.25) is 5.02 Å². The summed E-state index contributed by atoms with van der Waals surface area (Å²) < 4.78 is 7.49. The third kappa shape index (κ3) is 3.38. The molecule has 0 atom stereocenters. The lowest BCUT2D eigenvalue weighted by Crippen LogP contribution is -2.51. The number of hydrogen-bond donors (Lipinski definition) is 0. The van der Waals surface area contributed by atoms with Crippen LogP contribution in [0.1, 0.15) is 29.8 Å². The van der Waals surface area contributed by atoms with E-state index in [1.165, 1.54) is 18.4 Å². The number of hydrogen-bond acceptors (Lipinski definition) is 4. The van der Waals surface area contributed by atoms with Crippen LogP contribution in [0.5, 0.6) is 0 Å². The smallest absolute Gasteiger partial charge is 0.157 e. The van der Waals surface area contributed by atoms with Crippen molar-refractivity contribution < 1.29 is 4.74 Å². The third-order valence-corrected chi connectivity index (χ3v) is 6.39. The molecule has 2 saturated heterocycles. The van der Waals surface area contributed by atoms with E-state index in [9.17, 15) is 0 Å². The van der Waals surface area contributed by atoms with Crippen LogP contribution >= 0.6 is 11.6 Å². The highest BCUT2D eigenvalue weighted by Gasteiger charge is 2.41. The number of nitrogens with zero attached hydrogens (tertiary/aromatic N) is 4. The van der Waals surface area contributed by atoms with Gasteiger partial charge in [0.15, 0.2) is 5.65 Å². The molecule has 4 heterocycles. The first-order valence-corrected chi connectivity index (χ1v) is 10.4. The quantitative estimate of drug-likeness (QED) is 0.666. The molecule has 2 aliphatic rings. The normalized spacial score (nSPS) is 18.6. The molecule has 1 spiro atoms. The number of aromatic nitrogens is 3. The Morgan fingerprint density at radius 2 is 1.82 bits per heavy atom. The average Bonchev–Trinajstić information content (AvgIpc) is 3.08. The molecule has 3 aromatic rings. The van der Waals surface area contributed by atoms with Gasteiger partial charge in [-0.1, -0.05) is 23.7 Å². The molecule has 6 heteroatoms. The average molecular weight is 397 g/mol. The van der Waals surface area contributed by atoms with E-state index in [2.05, 4.69) is 36.1 Å². The molecular formula is C22H25ClN4O. The van der Waals surface area contributed by atoms with E-state index in [4.69, 9.17) is 26.4 Å². The van der Waals surface area contributed by atoms with Crippen molar-refractivity contribution in [2.45, 2.75) is 32.6 Å². The van der Waals surface area contributed by atoms with Crippen molar-refractivity contribution >= 4 is 23.1 Å². The van der Waals surface area contributed by atoms with E-state index in [1.54, 1.807) is 0 Å². The maximum atomic E-state index is 5.98. The summed E-state index contributed by atoms with van der Waals surface area (Å²) in [6, 6.07) is 12.3. The number of anilines is 1. The number of ether oxygens (including phenoxy) is 1. The van der Waals surface area contributed by atoms with Crippen LogP contribution in [0.4, 0.5) is 5.82 Å². The lowest BCUT2D eigenvalue weighted by Gasteiger charge is -2.47. The molecule has 0 unspecified atom stereocenters. The van der Waals surface area contributed by atoms with Crippen LogP contribution in [-0.2, 0) is 17.6 Å². The predicted molar refractivity (Wildman–Crippen MR) is 111 cm³/mol. The SMILES string of the molecule is Cc1cc(N2CCC3(CC2)COC3)n2nc(CCc3ccc(Cl)cc3)cc2n1. The van der Waals surface area contributed by atoms with Gasteiger partial charge in [0.05, 0.1) is 18.9 Å². The summed E-state index contributed by atoms with van der Waals surface area (Å²) in [6.07, 6.45) is 4.23. The topological polar surface area (TPSA) is 42.7 Å². The number of piperidine rings is 1. The van der Waals surface area contributed by atoms with Gasteiger partial charge >= 0.3 is 0 Å². The second-order valence-corrected chi connectivity index (χ2v) is 8.70. The molecule has 2 fully saturated rings. The fourth-order valence-electron chi connectivity index (χ4n) is 4.29. The minimum Gasteiger partial charge on any atom is -0.380 e. The second kappa shape index (κ2) is 7.05. The van der Waals surface area contributed by atoms with Crippen molar-refractivity contribution in [3.8, 4) is 0 Å². The Bertz CT molecular complexity index is 984. The van der Waals surface area contributed by atoms with E-state index in [0.29, 0.717) is 5.41 Å². The van der Waals surface area contributed by atoms with E-state index in [-0.39, 0.29) is 0 Å². The summed E-state index contributed by atoms with van der Waals surface area (Å²) in [5.41, 5.74) is 4.77. The Kier molecular flexibility index (Phi) is 4.52. The van der Waals surface area contributed by atoms with Gasteiger partial charge in [-0.3, -0.25) is 0 Å². The Balaban J connectivity index is 1.37. The predicted octanol–water partition coefficient (Wildman–Crippen LogP) is 4.09. The fraction of sp³-hybridized carbons (Fsp3) is 0.455. The minimum absolute atomic E-state index is 0.436. The van der Waals surface area contributed by atoms with Gasteiger partial charge in [-0.2, -0.15) is 9.61 Å². The molecule has 2 aliphatic heterocycles. The molecule has 5 rings (SSSR count). The highest BCUT2D eigenvalue weighted by molar-refractivity contribution is 6.30. The van der Waals surface area contributed by atoms with Gasteiger partial charge in [-0.25, -0.2) is 4.98 Å². The largest absolute Gasteiger partial charge is 0.380 e. The zero-order valence-corrected chi connectivity index (χ0v) is 17.0. The number of fused-ring (bicyclic) bond motifs is 1. The first kappa shape index (κ1) is 18.0. The molecule has 0 N–H and O–H groups in total. The van der Waals surface area contributed by atoms with Gasteiger partial charge in [-0.15, -0.1) is 0 Å². The number of halogens is 1. The van der Waals surface area contributed by atoms with Crippen LogP contribution < -0.4 is 4.90 Å². The molecule has 0 saturated carbocycles. The molecule has 0 aliphatic carbocycles. The molecular weight excluding hydrogens is 372 g/mol. The summed E-state index contributed by atoms with van der Waals surface area (Å²) in [5.74, 6) is 1.16. The Morgan fingerprint density at radius 1 is 1.07 bits per heavy atom. The number of aryl methyl sites for hydroxylation is 3. The minimum atomic E-state index is 0.436. The molecule has 1 aromatic carbocycles. The zero-order chi connectivity index (χ0) is 19.1. The Labute approximate surface area is 170 Å². The van der Waals surface area contributed by atoms with Gasteiger partial charge in [0, 0.05) is 41.4 Å². The molecule has 146 valence electrons. The van der Waals surface area contributed by atoms with Crippen molar-refractivity contribution in [2.75, 3.05) is 31.2 Å². The first-order chi connectivity index (χ1) is 13.6. The standard InChI is InChI=1S/C22H25ClN4O/c1-16-12-21(26-10-8-22(9-11-26)14-28-15-22)27-20(24-16)13-19(25-27)7-4-17-2-5-18(23)6-3-17/h2-3,5-6,12-13H,4,7-11,14-15H2,1H3. The van der Waals surface area contributed by atoms with E-state index in [0.717, 1.165) is 67.0 Å². The van der Waals surface area contributed by atoms with Gasteiger partial charge < -0.3 is 9.64 Å². The Morgan fingerprint density at radius 3 is 2.50 bits per heavy atom. The third-order valence-electron chi connectivity index (χ3n) is 6.13. The van der Waals surface area contributed by atoms with Crippen molar-refractivity contribution in [1.82, 2.24) is 14.6 Å². The lowest BCUT2D eigenvalue weighted by molar-refractivity contribution is -0.124. The second-order valence-electron chi connectivity index (χ2n) is 8.27. The highest BCUT2D eigenvalue weighted by atomic mass is 35.5. The van der Waals surface area contributed by atoms with Crippen molar-refractivity contribution in [1.29, 1.82) is 0 Å². The van der Waals surface area contributed by atoms with Crippen molar-refractivity contribution in [3.63, 3.8) is 0 Å². The van der Waals surface area contributed by atoms with E-state index in [1.807, 2.05) is 16.6 Å². The molecule has 28 heavy (non-hydrogen) atoms. The van der Waals surface area contributed by atoms with Gasteiger partial charge in [0.1, 0.15) is 5.82 Å². The molecule has 0 radical (unpaired) electrons. The van der Waals surface area contributed by atoms with E-state index >= 15 is 0 Å². The fourth-order valence-corrected chi connectivity index (χ4v) is 4.41. The maximum Gasteiger partial charge on any atom is 0.157 e. The zero-order valence-electron chi connectivity index (χ0n) is 16.2. The monoisotopic (exact) mass is 396 g/mol. The number of benzene rings is 1. The van der Waals surface area contributed by atoms with Gasteiger partial charge in [-0.05, 0) is 50.3 Å². The summed E-state index contributed by atoms with van der Waals surface area (Å²) >= 11 is 5.98. The Hall–Kier alpha value is -2.11. The summed E-state index contributed by atoms with van der Waals surface area (Å²) in [6.45, 7) is 6.04. The summed E-state index contributed by atoms with van der Waals surface area (Å²) in [5, 5.41) is 5.67. The van der Waals surface area contributed by atoms with Crippen LogP contribution in [0.25, 0.3) is 5.65 Å². The molecule has 2 aromatic heterocycles. The number of rotatable bonds is 4. The van der Waals surface area contributed by atoms with Crippen LogP contribution in [0, 0.1) is 12.3 Å². The highest BCUT2D eigenvalue weighted by Crippen LogP contribution is 2.39. The molecule has 0 bridgehead atoms. The molecule has 0 amide bonds. The summed E-state index contributed by atoms with van der Waals surface area (Å²) in [4.78, 5) is 7.17. The van der Waals surface area contributed by atoms with Crippen LogP contribution in [-0.4, -0.2) is 40.9 Å². The van der Waals surface area contributed by atoms with Crippen molar-refractivity contribution in [2.24, 2.45) is 5.41 Å². The molecule has 5 nitrogen and oxygen atoms in total. The first-order valence-electron chi connectivity index (χ1n) is 10.0. The maximum absolute atomic E-state index is 5.98. The van der Waals surface area contributed by atoms with Crippen LogP contribution in [0.15, 0.2) is 36.4 Å². The van der Waals surface area contributed by atoms with E-state index < -0.39 is 0 Å². The summed E-state index contributed by atoms with van der Waals surface area (Å²) in [7, 11) is 0. The van der Waals surface area contributed by atoms with Gasteiger partial charge in [0.2, 0.25) is 0 Å². The van der Waals surface area contributed by atoms with Crippen molar-refractivity contribution in [3.05, 3.63) is 58.4 Å². The lowest BCUT2D eigenvalue weighted by atomic mass is 9.77. The van der Waals surface area contributed by atoms with Crippen LogP contribution in [0.3, 0.4) is 0 Å². The van der Waals surface area contributed by atoms with Gasteiger partial charge in [0.25, 0.3) is 0 Å².